The number of hydrogen-bond acceptors (Lipinski definition) is 4. The van der Waals surface area contributed by atoms with Crippen molar-refractivity contribution >= 4 is 15.7 Å². The molecule has 1 aliphatic heterocycles. The molecule has 0 spiro atoms. The molecule has 0 bridgehead atoms. The Hall–Kier alpha value is -2.18. The zero-order valence-electron chi connectivity index (χ0n) is 14.1. The Labute approximate surface area is 148 Å². The van der Waals surface area contributed by atoms with Gasteiger partial charge in [-0.3, -0.25) is 4.79 Å². The van der Waals surface area contributed by atoms with Gasteiger partial charge in [-0.15, -0.1) is 0 Å². The minimum atomic E-state index is -3.08. The average Bonchev–Trinajstić information content (AvgIpc) is 2.61. The summed E-state index contributed by atoms with van der Waals surface area (Å²) in [5.41, 5.74) is 2.30. The van der Waals surface area contributed by atoms with E-state index in [1.165, 1.54) is 6.26 Å². The molecule has 0 saturated carbocycles. The van der Waals surface area contributed by atoms with Crippen LogP contribution in [0.1, 0.15) is 27.6 Å². The molecular weight excluding hydrogens is 338 g/mol. The van der Waals surface area contributed by atoms with E-state index in [2.05, 4.69) is 0 Å². The van der Waals surface area contributed by atoms with Gasteiger partial charge in [-0.1, -0.05) is 42.5 Å². The third-order valence-corrected chi connectivity index (χ3v) is 5.01. The number of rotatable bonds is 4. The van der Waals surface area contributed by atoms with Crippen molar-refractivity contribution in [3.05, 3.63) is 71.3 Å². The second-order valence-electron chi connectivity index (χ2n) is 6.29. The van der Waals surface area contributed by atoms with Gasteiger partial charge in [0.05, 0.1) is 18.9 Å². The standard InChI is InChI=1S/C19H21NO4S/c1-25(22,23)14-15-7-9-17(10-8-15)19(21)20-11-12-24-18(13-20)16-5-3-2-4-6-16/h2-10,18H,11-14H2,1H3. The average molecular weight is 359 g/mol. The minimum absolute atomic E-state index is 0.0187. The molecule has 1 atom stereocenters. The SMILES string of the molecule is CS(=O)(=O)Cc1ccc(C(=O)N2CCOC(c3ccccc3)C2)cc1. The number of morpholine rings is 1. The van der Waals surface area contributed by atoms with Gasteiger partial charge < -0.3 is 9.64 Å². The molecule has 0 aromatic heterocycles. The largest absolute Gasteiger partial charge is 0.370 e. The van der Waals surface area contributed by atoms with Crippen molar-refractivity contribution in [1.82, 2.24) is 4.90 Å². The first-order valence-corrected chi connectivity index (χ1v) is 10.2. The lowest BCUT2D eigenvalue weighted by Crippen LogP contribution is -2.42. The summed E-state index contributed by atoms with van der Waals surface area (Å²) in [6.45, 7) is 1.55. The van der Waals surface area contributed by atoms with Crippen LogP contribution in [0, 0.1) is 0 Å². The number of nitrogens with zero attached hydrogens (tertiary/aromatic N) is 1. The third-order valence-electron chi connectivity index (χ3n) is 4.15. The molecule has 0 radical (unpaired) electrons. The second-order valence-corrected chi connectivity index (χ2v) is 8.43. The predicted molar refractivity (Wildman–Crippen MR) is 96.0 cm³/mol. The number of ether oxygens (including phenoxy) is 1. The lowest BCUT2D eigenvalue weighted by Gasteiger charge is -2.33. The van der Waals surface area contributed by atoms with Gasteiger partial charge in [0, 0.05) is 18.4 Å². The van der Waals surface area contributed by atoms with E-state index in [1.54, 1.807) is 29.2 Å². The molecule has 0 aliphatic carbocycles. The summed E-state index contributed by atoms with van der Waals surface area (Å²) in [6, 6.07) is 16.6. The van der Waals surface area contributed by atoms with E-state index < -0.39 is 9.84 Å². The Bertz CT molecular complexity index is 831. The molecule has 2 aromatic carbocycles. The number of sulfone groups is 1. The van der Waals surface area contributed by atoms with E-state index in [-0.39, 0.29) is 17.8 Å². The van der Waals surface area contributed by atoms with Crippen LogP contribution in [-0.2, 0) is 20.3 Å². The minimum Gasteiger partial charge on any atom is -0.370 e. The Morgan fingerprint density at radius 2 is 1.80 bits per heavy atom. The van der Waals surface area contributed by atoms with Gasteiger partial charge in [-0.05, 0) is 23.3 Å². The molecule has 0 N–H and O–H groups in total. The molecule has 1 unspecified atom stereocenters. The van der Waals surface area contributed by atoms with Gasteiger partial charge in [-0.2, -0.15) is 0 Å². The zero-order chi connectivity index (χ0) is 17.9. The van der Waals surface area contributed by atoms with Gasteiger partial charge >= 0.3 is 0 Å². The Kier molecular flexibility index (Phi) is 5.20. The summed E-state index contributed by atoms with van der Waals surface area (Å²) >= 11 is 0. The second kappa shape index (κ2) is 7.37. The fraction of sp³-hybridized carbons (Fsp3) is 0.316. The van der Waals surface area contributed by atoms with Crippen LogP contribution in [0.4, 0.5) is 0 Å². The van der Waals surface area contributed by atoms with E-state index in [9.17, 15) is 13.2 Å². The maximum Gasteiger partial charge on any atom is 0.254 e. The van der Waals surface area contributed by atoms with Crippen molar-refractivity contribution in [3.63, 3.8) is 0 Å². The summed E-state index contributed by atoms with van der Waals surface area (Å²) in [7, 11) is -3.08. The summed E-state index contributed by atoms with van der Waals surface area (Å²) in [6.07, 6.45) is 1.08. The van der Waals surface area contributed by atoms with E-state index in [0.29, 0.717) is 30.8 Å². The van der Waals surface area contributed by atoms with Gasteiger partial charge in [0.2, 0.25) is 0 Å². The van der Waals surface area contributed by atoms with Crippen LogP contribution < -0.4 is 0 Å². The highest BCUT2D eigenvalue weighted by molar-refractivity contribution is 7.89. The molecule has 132 valence electrons. The van der Waals surface area contributed by atoms with Crippen LogP contribution in [-0.4, -0.2) is 45.2 Å². The molecule has 1 fully saturated rings. The summed E-state index contributed by atoms with van der Waals surface area (Å²) < 4.78 is 28.5. The summed E-state index contributed by atoms with van der Waals surface area (Å²) in [4.78, 5) is 14.5. The van der Waals surface area contributed by atoms with Crippen LogP contribution >= 0.6 is 0 Å². The van der Waals surface area contributed by atoms with Crippen LogP contribution in [0.2, 0.25) is 0 Å². The number of benzene rings is 2. The number of carbonyl (C=O) groups excluding carboxylic acids is 1. The Balaban J connectivity index is 1.70. The first-order chi connectivity index (χ1) is 11.9. The van der Waals surface area contributed by atoms with Gasteiger partial charge in [0.15, 0.2) is 9.84 Å². The van der Waals surface area contributed by atoms with E-state index in [1.807, 2.05) is 30.3 Å². The fourth-order valence-corrected chi connectivity index (χ4v) is 3.73. The molecule has 5 nitrogen and oxygen atoms in total. The molecule has 6 heteroatoms. The molecule has 1 heterocycles. The van der Waals surface area contributed by atoms with Crippen molar-refractivity contribution in [1.29, 1.82) is 0 Å². The lowest BCUT2D eigenvalue weighted by atomic mass is 10.1. The highest BCUT2D eigenvalue weighted by Crippen LogP contribution is 2.23. The highest BCUT2D eigenvalue weighted by atomic mass is 32.2. The molecule has 3 rings (SSSR count). The first-order valence-electron chi connectivity index (χ1n) is 8.15. The van der Waals surface area contributed by atoms with Crippen molar-refractivity contribution < 1.29 is 17.9 Å². The molecule has 25 heavy (non-hydrogen) atoms. The molecular formula is C19H21NO4S. The van der Waals surface area contributed by atoms with Gasteiger partial charge in [0.25, 0.3) is 5.91 Å². The van der Waals surface area contributed by atoms with Crippen molar-refractivity contribution in [3.8, 4) is 0 Å². The van der Waals surface area contributed by atoms with Crippen LogP contribution in [0.5, 0.6) is 0 Å². The molecule has 1 aliphatic rings. The lowest BCUT2D eigenvalue weighted by molar-refractivity contribution is -0.0228. The first kappa shape index (κ1) is 17.6. The molecule has 2 aromatic rings. The van der Waals surface area contributed by atoms with Crippen molar-refractivity contribution in [2.45, 2.75) is 11.9 Å². The maximum atomic E-state index is 12.7. The van der Waals surface area contributed by atoms with Gasteiger partial charge in [0.1, 0.15) is 6.10 Å². The molecule has 1 saturated heterocycles. The monoisotopic (exact) mass is 359 g/mol. The van der Waals surface area contributed by atoms with Crippen molar-refractivity contribution in [2.75, 3.05) is 26.0 Å². The maximum absolute atomic E-state index is 12.7. The van der Waals surface area contributed by atoms with Crippen molar-refractivity contribution in [2.24, 2.45) is 0 Å². The van der Waals surface area contributed by atoms with Crippen LogP contribution in [0.15, 0.2) is 54.6 Å². The summed E-state index contributed by atoms with van der Waals surface area (Å²) in [5.74, 6) is -0.0788. The Morgan fingerprint density at radius 1 is 1.12 bits per heavy atom. The normalized spacial score (nSPS) is 18.1. The Morgan fingerprint density at radius 3 is 2.44 bits per heavy atom. The quantitative estimate of drug-likeness (QED) is 0.841. The highest BCUT2D eigenvalue weighted by Gasteiger charge is 2.26. The molecule has 1 amide bonds. The third kappa shape index (κ3) is 4.67. The predicted octanol–water partition coefficient (Wildman–Crippen LogP) is 2.44. The van der Waals surface area contributed by atoms with E-state index in [4.69, 9.17) is 4.74 Å². The number of hydrogen-bond donors (Lipinski definition) is 0. The number of carbonyl (C=O) groups is 1. The fourth-order valence-electron chi connectivity index (χ4n) is 2.93. The summed E-state index contributed by atoms with van der Waals surface area (Å²) in [5, 5.41) is 0. The van der Waals surface area contributed by atoms with Gasteiger partial charge in [-0.25, -0.2) is 8.42 Å². The smallest absolute Gasteiger partial charge is 0.254 e. The zero-order valence-corrected chi connectivity index (χ0v) is 14.9. The van der Waals surface area contributed by atoms with E-state index in [0.717, 1.165) is 5.56 Å². The topological polar surface area (TPSA) is 63.7 Å². The number of amides is 1. The van der Waals surface area contributed by atoms with Crippen LogP contribution in [0.25, 0.3) is 0 Å². The van der Waals surface area contributed by atoms with E-state index >= 15 is 0 Å². The van der Waals surface area contributed by atoms with Crippen LogP contribution in [0.3, 0.4) is 0 Å².